The van der Waals surface area contributed by atoms with E-state index in [0.29, 0.717) is 30.5 Å². The predicted octanol–water partition coefficient (Wildman–Crippen LogP) is 4.38. The molecule has 0 aliphatic heterocycles. The molecule has 150 valence electrons. The second-order valence-corrected chi connectivity index (χ2v) is 7.20. The Labute approximate surface area is 174 Å². The minimum absolute atomic E-state index is 0.201. The Balaban J connectivity index is 1.26. The number of hydrogen-bond acceptors (Lipinski definition) is 4. The van der Waals surface area contributed by atoms with Crippen LogP contribution in [-0.2, 0) is 0 Å². The molecule has 0 amide bonds. The van der Waals surface area contributed by atoms with Crippen molar-refractivity contribution < 1.29 is 14.6 Å². The van der Waals surface area contributed by atoms with E-state index >= 15 is 0 Å². The molecule has 0 spiro atoms. The Morgan fingerprint density at radius 2 is 1.66 bits per heavy atom. The molecule has 1 unspecified atom stereocenters. The van der Waals surface area contributed by atoms with E-state index in [1.54, 1.807) is 6.07 Å². The molecule has 0 aliphatic rings. The van der Waals surface area contributed by atoms with Crippen LogP contribution in [0.5, 0.6) is 11.5 Å². The van der Waals surface area contributed by atoms with Gasteiger partial charge in [0, 0.05) is 29.4 Å². The Kier molecular flexibility index (Phi) is 6.20. The van der Waals surface area contributed by atoms with Crippen LogP contribution < -0.4 is 14.8 Å². The van der Waals surface area contributed by atoms with Gasteiger partial charge in [-0.05, 0) is 24.3 Å². The number of para-hydroxylation sites is 3. The summed E-state index contributed by atoms with van der Waals surface area (Å²) in [6.45, 7) is 1.67. The van der Waals surface area contributed by atoms with Gasteiger partial charge in [0.15, 0.2) is 0 Å². The van der Waals surface area contributed by atoms with Crippen molar-refractivity contribution in [3.8, 4) is 11.5 Å². The second kappa shape index (κ2) is 9.18. The number of halogens is 1. The van der Waals surface area contributed by atoms with Crippen LogP contribution in [0.1, 0.15) is 0 Å². The normalized spacial score (nSPS) is 12.3. The molecular weight excluding hydrogens is 388 g/mol. The van der Waals surface area contributed by atoms with Crippen molar-refractivity contribution in [3.05, 3.63) is 71.8 Å². The number of rotatable bonds is 9. The maximum absolute atomic E-state index is 10.2. The molecule has 0 bridgehead atoms. The lowest BCUT2D eigenvalue weighted by Crippen LogP contribution is -2.33. The fourth-order valence-corrected chi connectivity index (χ4v) is 3.47. The van der Waals surface area contributed by atoms with Gasteiger partial charge in [-0.15, -0.1) is 0 Å². The van der Waals surface area contributed by atoms with Crippen molar-refractivity contribution in [2.24, 2.45) is 0 Å². The number of hydrogen-bond donors (Lipinski definition) is 3. The smallest absolute Gasteiger partial charge is 0.143 e. The van der Waals surface area contributed by atoms with Gasteiger partial charge in [0.05, 0.1) is 10.5 Å². The molecule has 3 N–H and O–H groups in total. The fourth-order valence-electron chi connectivity index (χ4n) is 3.27. The predicted molar refractivity (Wildman–Crippen MR) is 117 cm³/mol. The summed E-state index contributed by atoms with van der Waals surface area (Å²) in [6.07, 6.45) is -0.630. The van der Waals surface area contributed by atoms with Gasteiger partial charge in [0.2, 0.25) is 0 Å². The van der Waals surface area contributed by atoms with E-state index in [9.17, 15) is 5.11 Å². The van der Waals surface area contributed by atoms with Crippen LogP contribution in [0.3, 0.4) is 0 Å². The molecule has 3 aromatic carbocycles. The topological polar surface area (TPSA) is 66.5 Å². The van der Waals surface area contributed by atoms with Crippen LogP contribution in [0.4, 0.5) is 0 Å². The fraction of sp³-hybridized carbons (Fsp3) is 0.217. The lowest BCUT2D eigenvalue weighted by atomic mass is 10.1. The first kappa shape index (κ1) is 19.6. The first-order valence-electron chi connectivity index (χ1n) is 9.61. The van der Waals surface area contributed by atoms with Gasteiger partial charge in [-0.1, -0.05) is 54.1 Å². The van der Waals surface area contributed by atoms with Crippen molar-refractivity contribution in [3.63, 3.8) is 0 Å². The highest BCUT2D eigenvalue weighted by atomic mass is 35.5. The van der Waals surface area contributed by atoms with Crippen LogP contribution in [0, 0.1) is 0 Å². The van der Waals surface area contributed by atoms with Crippen LogP contribution in [-0.4, -0.2) is 42.5 Å². The Bertz CT molecular complexity index is 1100. The molecule has 5 nitrogen and oxygen atoms in total. The van der Waals surface area contributed by atoms with Gasteiger partial charge in [-0.2, -0.15) is 0 Å². The van der Waals surface area contributed by atoms with E-state index < -0.39 is 6.10 Å². The highest BCUT2D eigenvalue weighted by Crippen LogP contribution is 2.31. The van der Waals surface area contributed by atoms with Gasteiger partial charge in [-0.3, -0.25) is 0 Å². The van der Waals surface area contributed by atoms with Crippen LogP contribution in [0.25, 0.3) is 21.8 Å². The molecule has 1 atom stereocenters. The van der Waals surface area contributed by atoms with Crippen LogP contribution in [0.2, 0.25) is 5.02 Å². The van der Waals surface area contributed by atoms with Crippen molar-refractivity contribution in [2.75, 3.05) is 26.3 Å². The number of fused-ring (bicyclic) bond motifs is 3. The van der Waals surface area contributed by atoms with E-state index in [-0.39, 0.29) is 6.61 Å². The summed E-state index contributed by atoms with van der Waals surface area (Å²) in [5.74, 6) is 1.39. The summed E-state index contributed by atoms with van der Waals surface area (Å²) in [4.78, 5) is 3.40. The molecule has 29 heavy (non-hydrogen) atoms. The van der Waals surface area contributed by atoms with Gasteiger partial charge in [0.25, 0.3) is 0 Å². The first-order chi connectivity index (χ1) is 14.2. The van der Waals surface area contributed by atoms with Gasteiger partial charge in [0.1, 0.15) is 30.8 Å². The number of aromatic amines is 1. The molecule has 0 fully saturated rings. The molecule has 4 aromatic rings. The first-order valence-corrected chi connectivity index (χ1v) is 9.98. The molecule has 1 aromatic heterocycles. The number of ether oxygens (including phenoxy) is 2. The number of aromatic nitrogens is 1. The summed E-state index contributed by atoms with van der Waals surface area (Å²) < 4.78 is 11.5. The van der Waals surface area contributed by atoms with Crippen molar-refractivity contribution in [1.82, 2.24) is 10.3 Å². The molecule has 0 saturated heterocycles. The van der Waals surface area contributed by atoms with Crippen LogP contribution in [0.15, 0.2) is 66.7 Å². The minimum atomic E-state index is -0.630. The van der Waals surface area contributed by atoms with Crippen molar-refractivity contribution in [2.45, 2.75) is 6.10 Å². The Morgan fingerprint density at radius 3 is 2.55 bits per heavy atom. The summed E-state index contributed by atoms with van der Waals surface area (Å²) in [5, 5.41) is 16.3. The lowest BCUT2D eigenvalue weighted by Gasteiger charge is -2.14. The molecule has 6 heteroatoms. The van der Waals surface area contributed by atoms with Gasteiger partial charge < -0.3 is 24.9 Å². The van der Waals surface area contributed by atoms with Crippen molar-refractivity contribution >= 4 is 33.4 Å². The maximum atomic E-state index is 10.2. The minimum Gasteiger partial charge on any atom is -0.491 e. The SMILES string of the molecule is OC(CNCCOc1ccccc1Cl)COc1cccc2c1[nH]c1ccccc12. The van der Waals surface area contributed by atoms with Gasteiger partial charge in [-0.25, -0.2) is 0 Å². The zero-order valence-corrected chi connectivity index (χ0v) is 16.7. The number of aliphatic hydroxyl groups excluding tert-OH is 1. The average molecular weight is 411 g/mol. The third-order valence-corrected chi connectivity index (χ3v) is 5.00. The zero-order valence-electron chi connectivity index (χ0n) is 15.9. The largest absolute Gasteiger partial charge is 0.491 e. The average Bonchev–Trinajstić information content (AvgIpc) is 3.12. The molecule has 0 aliphatic carbocycles. The summed E-state index contributed by atoms with van der Waals surface area (Å²) >= 11 is 6.05. The summed E-state index contributed by atoms with van der Waals surface area (Å²) in [6, 6.07) is 21.5. The van der Waals surface area contributed by atoms with E-state index in [2.05, 4.69) is 22.4 Å². The Hall–Kier alpha value is -2.73. The second-order valence-electron chi connectivity index (χ2n) is 6.80. The highest BCUT2D eigenvalue weighted by molar-refractivity contribution is 6.32. The number of H-pyrrole nitrogens is 1. The number of aliphatic hydroxyl groups is 1. The third-order valence-electron chi connectivity index (χ3n) is 4.69. The van der Waals surface area contributed by atoms with E-state index in [4.69, 9.17) is 21.1 Å². The quantitative estimate of drug-likeness (QED) is 0.358. The van der Waals surface area contributed by atoms with E-state index in [1.807, 2.05) is 48.5 Å². The maximum Gasteiger partial charge on any atom is 0.143 e. The molecule has 1 heterocycles. The highest BCUT2D eigenvalue weighted by Gasteiger charge is 2.11. The summed E-state index contributed by atoms with van der Waals surface area (Å²) in [5.41, 5.74) is 2.02. The van der Waals surface area contributed by atoms with Crippen LogP contribution >= 0.6 is 11.6 Å². The van der Waals surface area contributed by atoms with Gasteiger partial charge >= 0.3 is 0 Å². The lowest BCUT2D eigenvalue weighted by molar-refractivity contribution is 0.106. The van der Waals surface area contributed by atoms with E-state index in [1.165, 1.54) is 0 Å². The monoisotopic (exact) mass is 410 g/mol. The molecule has 4 rings (SSSR count). The molecule has 0 radical (unpaired) electrons. The summed E-state index contributed by atoms with van der Waals surface area (Å²) in [7, 11) is 0. The van der Waals surface area contributed by atoms with Crippen molar-refractivity contribution in [1.29, 1.82) is 0 Å². The third kappa shape index (κ3) is 4.65. The molecule has 0 saturated carbocycles. The number of benzene rings is 3. The molecular formula is C23H23ClN2O3. The zero-order chi connectivity index (χ0) is 20.1. The standard InChI is InChI=1S/C23H23ClN2O3/c24-19-8-2-4-10-21(19)28-13-12-25-14-16(27)15-29-22-11-5-7-18-17-6-1-3-9-20(17)26-23(18)22/h1-11,16,25-27H,12-15H2. The number of nitrogens with one attached hydrogen (secondary N) is 2. The Morgan fingerprint density at radius 1 is 0.897 bits per heavy atom. The van der Waals surface area contributed by atoms with E-state index in [0.717, 1.165) is 27.6 Å².